The molecule has 5 rings (SSSR count). The second-order valence-corrected chi connectivity index (χ2v) is 8.17. The van der Waals surface area contributed by atoms with E-state index in [2.05, 4.69) is 10.4 Å². The number of benzene rings is 1. The van der Waals surface area contributed by atoms with Crippen molar-refractivity contribution in [2.24, 2.45) is 0 Å². The van der Waals surface area contributed by atoms with Crippen LogP contribution in [0, 0.1) is 12.7 Å². The summed E-state index contributed by atoms with van der Waals surface area (Å²) >= 11 is 0. The Bertz CT molecular complexity index is 906. The first kappa shape index (κ1) is 16.9. The van der Waals surface area contributed by atoms with Crippen molar-refractivity contribution in [3.8, 4) is 5.69 Å². The average molecular weight is 368 g/mol. The van der Waals surface area contributed by atoms with E-state index in [-0.39, 0.29) is 11.7 Å². The van der Waals surface area contributed by atoms with Gasteiger partial charge in [0.15, 0.2) is 5.69 Å². The molecule has 3 heterocycles. The maximum absolute atomic E-state index is 14.6. The second-order valence-electron chi connectivity index (χ2n) is 8.17. The third-order valence-corrected chi connectivity index (χ3v) is 6.27. The number of aryl methyl sites for hydroxylation is 1. The first-order chi connectivity index (χ1) is 13.1. The summed E-state index contributed by atoms with van der Waals surface area (Å²) < 4.78 is 16.2. The first-order valence-electron chi connectivity index (χ1n) is 10.0. The van der Waals surface area contributed by atoms with Gasteiger partial charge >= 0.3 is 0 Å². The third kappa shape index (κ3) is 2.87. The van der Waals surface area contributed by atoms with Crippen LogP contribution in [0.1, 0.15) is 53.0 Å². The number of nitrogens with one attached hydrogen (secondary N) is 1. The minimum Gasteiger partial charge on any atom is -0.336 e. The zero-order chi connectivity index (χ0) is 18.5. The number of carbonyl (C=O) groups is 1. The fourth-order valence-corrected chi connectivity index (χ4v) is 4.87. The number of hydrogen-bond donors (Lipinski definition) is 1. The van der Waals surface area contributed by atoms with Crippen LogP contribution in [0.15, 0.2) is 18.2 Å². The van der Waals surface area contributed by atoms with Crippen LogP contribution in [-0.2, 0) is 12.8 Å². The highest BCUT2D eigenvalue weighted by Crippen LogP contribution is 2.30. The summed E-state index contributed by atoms with van der Waals surface area (Å²) in [5.74, 6) is -0.281. The van der Waals surface area contributed by atoms with Crippen LogP contribution in [0.4, 0.5) is 4.39 Å². The minimum atomic E-state index is -0.289. The Morgan fingerprint density at radius 1 is 1.22 bits per heavy atom. The number of carbonyl (C=O) groups excluding carboxylic acids is 1. The highest BCUT2D eigenvalue weighted by Gasteiger charge is 2.35. The molecule has 142 valence electrons. The molecule has 2 bridgehead atoms. The summed E-state index contributed by atoms with van der Waals surface area (Å²) in [6, 6.07) is 6.11. The van der Waals surface area contributed by atoms with Crippen molar-refractivity contribution in [1.29, 1.82) is 0 Å². The Balaban J connectivity index is 1.51. The lowest BCUT2D eigenvalue weighted by Gasteiger charge is -2.23. The van der Waals surface area contributed by atoms with E-state index in [1.54, 1.807) is 10.7 Å². The second kappa shape index (κ2) is 6.44. The first-order valence-corrected chi connectivity index (χ1v) is 10.0. The number of fused-ring (bicyclic) bond motifs is 3. The van der Waals surface area contributed by atoms with Gasteiger partial charge in [-0.2, -0.15) is 5.10 Å². The lowest BCUT2D eigenvalue weighted by Crippen LogP contribution is -2.39. The van der Waals surface area contributed by atoms with Crippen LogP contribution in [0.3, 0.4) is 0 Å². The smallest absolute Gasteiger partial charge is 0.274 e. The third-order valence-electron chi connectivity index (χ3n) is 6.27. The van der Waals surface area contributed by atoms with E-state index in [9.17, 15) is 9.18 Å². The molecule has 2 unspecified atom stereocenters. The molecule has 6 heteroatoms. The number of aromatic nitrogens is 2. The van der Waals surface area contributed by atoms with Gasteiger partial charge in [-0.3, -0.25) is 4.79 Å². The van der Waals surface area contributed by atoms with Gasteiger partial charge in [-0.05, 0) is 63.1 Å². The van der Waals surface area contributed by atoms with E-state index in [4.69, 9.17) is 0 Å². The Kier molecular flexibility index (Phi) is 4.04. The van der Waals surface area contributed by atoms with Gasteiger partial charge in [0.2, 0.25) is 0 Å². The molecule has 2 fully saturated rings. The lowest BCUT2D eigenvalue weighted by molar-refractivity contribution is 0.0740. The van der Waals surface area contributed by atoms with E-state index in [1.807, 2.05) is 17.9 Å². The van der Waals surface area contributed by atoms with Crippen LogP contribution in [0.25, 0.3) is 5.69 Å². The zero-order valence-corrected chi connectivity index (χ0v) is 15.7. The molecule has 1 N–H and O–H groups in total. The maximum Gasteiger partial charge on any atom is 0.274 e. The molecule has 2 saturated heterocycles. The summed E-state index contributed by atoms with van der Waals surface area (Å²) in [6.45, 7) is 3.39. The molecule has 2 aliphatic heterocycles. The van der Waals surface area contributed by atoms with Gasteiger partial charge in [0.05, 0.1) is 0 Å². The largest absolute Gasteiger partial charge is 0.336 e. The van der Waals surface area contributed by atoms with E-state index in [0.29, 0.717) is 23.5 Å². The average Bonchev–Trinajstić information content (AvgIpc) is 3.30. The van der Waals surface area contributed by atoms with Crippen molar-refractivity contribution in [3.63, 3.8) is 0 Å². The highest BCUT2D eigenvalue weighted by molar-refractivity contribution is 5.94. The SMILES string of the molecule is Cc1ccc(-n2nc(C(=O)N3CCC4CCC(C3)N4)c3c2CCC3)c(F)c1. The number of rotatable bonds is 2. The molecular formula is C21H25FN4O. The van der Waals surface area contributed by atoms with Gasteiger partial charge in [-0.25, -0.2) is 9.07 Å². The van der Waals surface area contributed by atoms with Gasteiger partial charge in [0, 0.05) is 36.4 Å². The molecule has 5 nitrogen and oxygen atoms in total. The molecule has 2 atom stereocenters. The van der Waals surface area contributed by atoms with Crippen LogP contribution in [-0.4, -0.2) is 45.8 Å². The van der Waals surface area contributed by atoms with Crippen molar-refractivity contribution < 1.29 is 9.18 Å². The summed E-state index contributed by atoms with van der Waals surface area (Å²) in [6.07, 6.45) is 6.03. The maximum atomic E-state index is 14.6. The molecule has 2 aromatic rings. The van der Waals surface area contributed by atoms with E-state index >= 15 is 0 Å². The quantitative estimate of drug-likeness (QED) is 0.887. The van der Waals surface area contributed by atoms with Gasteiger partial charge in [-0.1, -0.05) is 6.07 Å². The van der Waals surface area contributed by atoms with E-state index in [1.165, 1.54) is 12.5 Å². The zero-order valence-electron chi connectivity index (χ0n) is 15.7. The van der Waals surface area contributed by atoms with Gasteiger partial charge in [0.1, 0.15) is 11.5 Å². The van der Waals surface area contributed by atoms with Gasteiger partial charge in [0.25, 0.3) is 5.91 Å². The fourth-order valence-electron chi connectivity index (χ4n) is 4.87. The van der Waals surface area contributed by atoms with Crippen LogP contribution in [0.5, 0.6) is 0 Å². The monoisotopic (exact) mass is 368 g/mol. The van der Waals surface area contributed by atoms with Crippen molar-refractivity contribution in [3.05, 3.63) is 46.5 Å². The molecule has 1 aromatic carbocycles. The molecular weight excluding hydrogens is 343 g/mol. The predicted molar refractivity (Wildman–Crippen MR) is 101 cm³/mol. The molecule has 0 saturated carbocycles. The number of amides is 1. The molecule has 0 radical (unpaired) electrons. The molecule has 3 aliphatic rings. The Hall–Kier alpha value is -2.21. The standard InChI is InChI=1S/C21H25FN4O/c1-13-5-8-19(17(22)11-13)26-18-4-2-3-16(18)20(24-26)21(27)25-10-9-14-6-7-15(12-25)23-14/h5,8,11,14-15,23H,2-4,6-7,9-10,12H2,1H3. The van der Waals surface area contributed by atoms with E-state index in [0.717, 1.165) is 62.0 Å². The van der Waals surface area contributed by atoms with Crippen molar-refractivity contribution in [2.45, 2.75) is 57.5 Å². The molecule has 1 aromatic heterocycles. The number of hydrogen-bond acceptors (Lipinski definition) is 3. The van der Waals surface area contributed by atoms with E-state index < -0.39 is 0 Å². The van der Waals surface area contributed by atoms with Crippen molar-refractivity contribution in [2.75, 3.05) is 13.1 Å². The molecule has 0 spiro atoms. The van der Waals surface area contributed by atoms with Gasteiger partial charge in [-0.15, -0.1) is 0 Å². The summed E-state index contributed by atoms with van der Waals surface area (Å²) in [7, 11) is 0. The molecule has 1 amide bonds. The molecule has 27 heavy (non-hydrogen) atoms. The Morgan fingerprint density at radius 2 is 2.07 bits per heavy atom. The van der Waals surface area contributed by atoms with Crippen LogP contribution < -0.4 is 5.32 Å². The minimum absolute atomic E-state index is 0.00812. The van der Waals surface area contributed by atoms with Crippen LogP contribution in [0.2, 0.25) is 0 Å². The summed E-state index contributed by atoms with van der Waals surface area (Å²) in [5.41, 5.74) is 3.86. The Morgan fingerprint density at radius 3 is 2.93 bits per heavy atom. The fraction of sp³-hybridized carbons (Fsp3) is 0.524. The van der Waals surface area contributed by atoms with Crippen molar-refractivity contribution >= 4 is 5.91 Å². The number of likely N-dealkylation sites (tertiary alicyclic amines) is 1. The normalized spacial score (nSPS) is 24.1. The number of nitrogens with zero attached hydrogens (tertiary/aromatic N) is 3. The van der Waals surface area contributed by atoms with Crippen LogP contribution >= 0.6 is 0 Å². The Labute approximate surface area is 158 Å². The lowest BCUT2D eigenvalue weighted by atomic mass is 10.1. The topological polar surface area (TPSA) is 50.2 Å². The summed E-state index contributed by atoms with van der Waals surface area (Å²) in [4.78, 5) is 15.3. The van der Waals surface area contributed by atoms with Gasteiger partial charge < -0.3 is 10.2 Å². The highest BCUT2D eigenvalue weighted by atomic mass is 19.1. The molecule has 1 aliphatic carbocycles. The van der Waals surface area contributed by atoms with Crippen molar-refractivity contribution in [1.82, 2.24) is 20.0 Å². The summed E-state index contributed by atoms with van der Waals surface area (Å²) in [5, 5.41) is 8.24. The number of halogens is 1. The predicted octanol–water partition coefficient (Wildman–Crippen LogP) is 2.78.